The van der Waals surface area contributed by atoms with Gasteiger partial charge in [-0.3, -0.25) is 14.6 Å². The van der Waals surface area contributed by atoms with Crippen LogP contribution >= 0.6 is 11.6 Å². The molecule has 2 aromatic rings. The number of carbonyl (C=O) groups excluding carboxylic acids is 2. The first-order valence-electron chi connectivity index (χ1n) is 10.1. The maximum atomic E-state index is 12.7. The summed E-state index contributed by atoms with van der Waals surface area (Å²) in [5.41, 5.74) is 2.46. The van der Waals surface area contributed by atoms with Crippen molar-refractivity contribution in [2.45, 2.75) is 6.04 Å². The molecule has 7 nitrogen and oxygen atoms in total. The van der Waals surface area contributed by atoms with E-state index in [1.165, 1.54) is 0 Å². The van der Waals surface area contributed by atoms with Gasteiger partial charge in [0.2, 0.25) is 0 Å². The zero-order valence-corrected chi connectivity index (χ0v) is 17.4. The number of nitrogens with one attached hydrogen (secondary N) is 2. The predicted molar refractivity (Wildman–Crippen MR) is 116 cm³/mol. The van der Waals surface area contributed by atoms with E-state index in [9.17, 15) is 9.59 Å². The van der Waals surface area contributed by atoms with E-state index in [1.807, 2.05) is 24.3 Å². The summed E-state index contributed by atoms with van der Waals surface area (Å²) in [6.07, 6.45) is 0. The molecule has 4 rings (SSSR count). The molecular weight excluding hydrogens is 404 g/mol. The highest BCUT2D eigenvalue weighted by atomic mass is 35.5. The average molecular weight is 429 g/mol. The second-order valence-corrected chi connectivity index (χ2v) is 7.79. The number of halogens is 1. The maximum Gasteiger partial charge on any atom is 0.321 e. The molecule has 2 saturated heterocycles. The van der Waals surface area contributed by atoms with Gasteiger partial charge in [-0.2, -0.15) is 0 Å². The molecule has 30 heavy (non-hydrogen) atoms. The Kier molecular flexibility index (Phi) is 6.52. The molecule has 1 unspecified atom stereocenters. The van der Waals surface area contributed by atoms with Crippen LogP contribution in [-0.4, -0.2) is 62.8 Å². The van der Waals surface area contributed by atoms with E-state index >= 15 is 0 Å². The van der Waals surface area contributed by atoms with Gasteiger partial charge in [-0.25, -0.2) is 4.79 Å². The van der Waals surface area contributed by atoms with Gasteiger partial charge >= 0.3 is 6.03 Å². The lowest BCUT2D eigenvalue weighted by Crippen LogP contribution is -2.43. The molecule has 3 amide bonds. The van der Waals surface area contributed by atoms with Gasteiger partial charge in [0, 0.05) is 49.0 Å². The van der Waals surface area contributed by atoms with E-state index in [4.69, 9.17) is 16.3 Å². The van der Waals surface area contributed by atoms with Crippen molar-refractivity contribution in [2.75, 3.05) is 50.8 Å². The highest BCUT2D eigenvalue weighted by Gasteiger charge is 2.24. The minimum atomic E-state index is -0.139. The van der Waals surface area contributed by atoms with Gasteiger partial charge in [-0.1, -0.05) is 23.7 Å². The van der Waals surface area contributed by atoms with Crippen LogP contribution in [0.25, 0.3) is 0 Å². The molecule has 158 valence electrons. The van der Waals surface area contributed by atoms with Crippen molar-refractivity contribution in [3.05, 3.63) is 64.7 Å². The van der Waals surface area contributed by atoms with E-state index in [1.54, 1.807) is 29.2 Å². The molecule has 2 aromatic carbocycles. The molecule has 0 aromatic heterocycles. The first kappa shape index (κ1) is 20.7. The molecule has 1 atom stereocenters. The Morgan fingerprint density at radius 3 is 2.40 bits per heavy atom. The van der Waals surface area contributed by atoms with Gasteiger partial charge in [0.05, 0.1) is 19.3 Å². The first-order valence-corrected chi connectivity index (χ1v) is 10.5. The molecule has 2 aliphatic heterocycles. The molecule has 0 bridgehead atoms. The second kappa shape index (κ2) is 9.47. The number of rotatable bonds is 6. The summed E-state index contributed by atoms with van der Waals surface area (Å²) in [4.78, 5) is 28.5. The molecule has 2 fully saturated rings. The SMILES string of the molecule is O=C(NCC(c1ccc(Cl)cc1)N1CCOCC1)c1ccc(N2CCNC2=O)cc1. The quantitative estimate of drug-likeness (QED) is 0.741. The molecular formula is C22H25ClN4O3. The third kappa shape index (κ3) is 4.75. The van der Waals surface area contributed by atoms with Crippen LogP contribution < -0.4 is 15.5 Å². The van der Waals surface area contributed by atoms with Gasteiger partial charge in [-0.15, -0.1) is 0 Å². The first-order chi connectivity index (χ1) is 14.6. The normalized spacial score (nSPS) is 18.2. The number of urea groups is 1. The van der Waals surface area contributed by atoms with Crippen molar-refractivity contribution >= 4 is 29.2 Å². The van der Waals surface area contributed by atoms with Gasteiger partial charge in [0.1, 0.15) is 0 Å². The Morgan fingerprint density at radius 1 is 1.07 bits per heavy atom. The Balaban J connectivity index is 1.42. The molecule has 0 saturated carbocycles. The van der Waals surface area contributed by atoms with Crippen LogP contribution in [0.3, 0.4) is 0 Å². The highest BCUT2D eigenvalue weighted by Crippen LogP contribution is 2.23. The minimum absolute atomic E-state index is 0.0442. The zero-order chi connectivity index (χ0) is 20.9. The van der Waals surface area contributed by atoms with Crippen molar-refractivity contribution in [1.29, 1.82) is 0 Å². The summed E-state index contributed by atoms with van der Waals surface area (Å²) in [5.74, 6) is -0.139. The lowest BCUT2D eigenvalue weighted by atomic mass is 10.0. The number of amides is 3. The minimum Gasteiger partial charge on any atom is -0.379 e. The number of carbonyl (C=O) groups is 2. The number of hydrogen-bond donors (Lipinski definition) is 2. The number of ether oxygens (including phenoxy) is 1. The van der Waals surface area contributed by atoms with Crippen LogP contribution in [0.4, 0.5) is 10.5 Å². The predicted octanol–water partition coefficient (Wildman–Crippen LogP) is 2.67. The van der Waals surface area contributed by atoms with Crippen LogP contribution in [0.1, 0.15) is 22.0 Å². The topological polar surface area (TPSA) is 73.9 Å². The molecule has 8 heteroatoms. The monoisotopic (exact) mass is 428 g/mol. The number of benzene rings is 2. The summed E-state index contributed by atoms with van der Waals surface area (Å²) < 4.78 is 5.48. The summed E-state index contributed by atoms with van der Waals surface area (Å²) in [6.45, 7) is 4.75. The fourth-order valence-corrected chi connectivity index (χ4v) is 3.96. The number of morpholine rings is 1. The van der Waals surface area contributed by atoms with Gasteiger partial charge in [0.25, 0.3) is 5.91 Å². The van der Waals surface area contributed by atoms with Gasteiger partial charge < -0.3 is 15.4 Å². The average Bonchev–Trinajstić information content (AvgIpc) is 3.21. The maximum absolute atomic E-state index is 12.7. The second-order valence-electron chi connectivity index (χ2n) is 7.36. The molecule has 2 heterocycles. The standard InChI is InChI=1S/C22H25ClN4O3/c23-18-5-1-16(2-6-18)20(26-11-13-30-14-12-26)15-25-21(28)17-3-7-19(8-4-17)27-10-9-24-22(27)29/h1-8,20H,9-15H2,(H,24,29)(H,25,28). The molecule has 0 spiro atoms. The van der Waals surface area contributed by atoms with Crippen molar-refractivity contribution in [1.82, 2.24) is 15.5 Å². The Hall–Kier alpha value is -2.61. The van der Waals surface area contributed by atoms with E-state index in [0.29, 0.717) is 43.4 Å². The Bertz CT molecular complexity index is 882. The number of hydrogen-bond acceptors (Lipinski definition) is 4. The largest absolute Gasteiger partial charge is 0.379 e. The van der Waals surface area contributed by atoms with Crippen LogP contribution in [0, 0.1) is 0 Å². The van der Waals surface area contributed by atoms with Crippen molar-refractivity contribution in [3.63, 3.8) is 0 Å². The lowest BCUT2D eigenvalue weighted by Gasteiger charge is -2.35. The van der Waals surface area contributed by atoms with Crippen LogP contribution in [0.5, 0.6) is 0 Å². The van der Waals surface area contributed by atoms with E-state index in [-0.39, 0.29) is 18.0 Å². The van der Waals surface area contributed by atoms with Crippen molar-refractivity contribution < 1.29 is 14.3 Å². The third-order valence-electron chi connectivity index (χ3n) is 5.50. The van der Waals surface area contributed by atoms with Gasteiger partial charge in [-0.05, 0) is 42.0 Å². The molecule has 0 radical (unpaired) electrons. The van der Waals surface area contributed by atoms with Crippen molar-refractivity contribution in [3.8, 4) is 0 Å². The number of nitrogens with zero attached hydrogens (tertiary/aromatic N) is 2. The van der Waals surface area contributed by atoms with E-state index in [0.717, 1.165) is 24.3 Å². The lowest BCUT2D eigenvalue weighted by molar-refractivity contribution is 0.0162. The van der Waals surface area contributed by atoms with Crippen molar-refractivity contribution in [2.24, 2.45) is 0 Å². The Labute approximate surface area is 180 Å². The van der Waals surface area contributed by atoms with Gasteiger partial charge in [0.15, 0.2) is 0 Å². The third-order valence-corrected chi connectivity index (χ3v) is 5.75. The summed E-state index contributed by atoms with van der Waals surface area (Å²) >= 11 is 6.05. The fourth-order valence-electron chi connectivity index (χ4n) is 3.83. The van der Waals surface area contributed by atoms with Crippen LogP contribution in [-0.2, 0) is 4.74 Å². The number of anilines is 1. The summed E-state index contributed by atoms with van der Waals surface area (Å²) in [7, 11) is 0. The summed E-state index contributed by atoms with van der Waals surface area (Å²) in [6, 6.07) is 14.8. The van der Waals surface area contributed by atoms with E-state index in [2.05, 4.69) is 15.5 Å². The molecule has 2 N–H and O–H groups in total. The molecule has 0 aliphatic carbocycles. The molecule has 2 aliphatic rings. The zero-order valence-electron chi connectivity index (χ0n) is 16.6. The van der Waals surface area contributed by atoms with Crippen LogP contribution in [0.2, 0.25) is 5.02 Å². The van der Waals surface area contributed by atoms with Crippen LogP contribution in [0.15, 0.2) is 48.5 Å². The highest BCUT2D eigenvalue weighted by molar-refractivity contribution is 6.30. The smallest absolute Gasteiger partial charge is 0.321 e. The Morgan fingerprint density at radius 2 is 1.77 bits per heavy atom. The fraction of sp³-hybridized carbons (Fsp3) is 0.364. The van der Waals surface area contributed by atoms with E-state index < -0.39 is 0 Å². The summed E-state index contributed by atoms with van der Waals surface area (Å²) in [5, 5.41) is 6.52.